The average molecular weight is 352 g/mol. The van der Waals surface area contributed by atoms with Crippen molar-refractivity contribution in [3.8, 4) is 0 Å². The van der Waals surface area contributed by atoms with Gasteiger partial charge in [0.1, 0.15) is 23.0 Å². The Bertz CT molecular complexity index is 829. The predicted octanol–water partition coefficient (Wildman–Crippen LogP) is 4.83. The minimum Gasteiger partial charge on any atom is -0.459 e. The molecule has 2 nitrogen and oxygen atoms in total. The molecule has 108 valence electrons. The van der Waals surface area contributed by atoms with Gasteiger partial charge in [-0.2, -0.15) is 0 Å². The SMILES string of the molecule is Cc1c(C(N)c2cccc(Br)c2F)oc2ccc(F)cc12. The maximum Gasteiger partial charge on any atom is 0.142 e. The fraction of sp³-hybridized carbons (Fsp3) is 0.125. The van der Waals surface area contributed by atoms with Crippen molar-refractivity contribution < 1.29 is 13.2 Å². The first-order valence-electron chi connectivity index (χ1n) is 6.37. The van der Waals surface area contributed by atoms with E-state index in [0.717, 1.165) is 5.56 Å². The molecule has 0 aliphatic carbocycles. The Labute approximate surface area is 128 Å². The van der Waals surface area contributed by atoms with E-state index in [0.29, 0.717) is 26.8 Å². The van der Waals surface area contributed by atoms with Crippen molar-refractivity contribution in [1.82, 2.24) is 0 Å². The molecule has 0 bridgehead atoms. The number of nitrogens with two attached hydrogens (primary N) is 1. The molecular weight excluding hydrogens is 340 g/mol. The summed E-state index contributed by atoms with van der Waals surface area (Å²) in [7, 11) is 0. The number of hydrogen-bond acceptors (Lipinski definition) is 2. The Morgan fingerprint density at radius 1 is 1.19 bits per heavy atom. The first kappa shape index (κ1) is 14.2. The molecule has 1 heterocycles. The largest absolute Gasteiger partial charge is 0.459 e. The van der Waals surface area contributed by atoms with Gasteiger partial charge in [0.2, 0.25) is 0 Å². The van der Waals surface area contributed by atoms with Crippen LogP contribution in [0.15, 0.2) is 45.3 Å². The highest BCUT2D eigenvalue weighted by molar-refractivity contribution is 9.10. The summed E-state index contributed by atoms with van der Waals surface area (Å²) in [6.07, 6.45) is 0. The van der Waals surface area contributed by atoms with E-state index in [-0.39, 0.29) is 5.82 Å². The molecule has 0 aliphatic rings. The topological polar surface area (TPSA) is 39.2 Å². The zero-order valence-corrected chi connectivity index (χ0v) is 12.7. The summed E-state index contributed by atoms with van der Waals surface area (Å²) in [5.41, 5.74) is 7.72. The van der Waals surface area contributed by atoms with Crippen molar-refractivity contribution in [2.75, 3.05) is 0 Å². The molecule has 2 N–H and O–H groups in total. The third-order valence-corrected chi connectivity index (χ3v) is 4.15. The Hall–Kier alpha value is -1.72. The summed E-state index contributed by atoms with van der Waals surface area (Å²) in [5, 5.41) is 0.649. The van der Waals surface area contributed by atoms with Gasteiger partial charge in [-0.25, -0.2) is 8.78 Å². The van der Waals surface area contributed by atoms with Crippen LogP contribution in [0.5, 0.6) is 0 Å². The molecule has 1 unspecified atom stereocenters. The molecule has 0 saturated heterocycles. The van der Waals surface area contributed by atoms with E-state index in [4.69, 9.17) is 10.2 Å². The number of halogens is 3. The van der Waals surface area contributed by atoms with E-state index < -0.39 is 11.9 Å². The van der Waals surface area contributed by atoms with Gasteiger partial charge in [-0.1, -0.05) is 12.1 Å². The van der Waals surface area contributed by atoms with Gasteiger partial charge in [0.05, 0.1) is 10.5 Å². The van der Waals surface area contributed by atoms with Crippen LogP contribution in [0, 0.1) is 18.6 Å². The van der Waals surface area contributed by atoms with Crippen molar-refractivity contribution in [1.29, 1.82) is 0 Å². The van der Waals surface area contributed by atoms with Crippen LogP contribution in [-0.4, -0.2) is 0 Å². The van der Waals surface area contributed by atoms with E-state index in [1.807, 2.05) is 0 Å². The number of benzene rings is 2. The lowest BCUT2D eigenvalue weighted by molar-refractivity contribution is 0.505. The summed E-state index contributed by atoms with van der Waals surface area (Å²) < 4.78 is 33.5. The number of fused-ring (bicyclic) bond motifs is 1. The normalized spacial score (nSPS) is 12.8. The Morgan fingerprint density at radius 3 is 2.71 bits per heavy atom. The lowest BCUT2D eigenvalue weighted by Gasteiger charge is -2.12. The second-order valence-electron chi connectivity index (χ2n) is 4.85. The standard InChI is InChI=1S/C16H12BrF2NO/c1-8-11-7-9(18)5-6-13(11)21-16(8)15(20)10-3-2-4-12(17)14(10)19/h2-7,15H,20H2,1H3. The van der Waals surface area contributed by atoms with Crippen LogP contribution >= 0.6 is 15.9 Å². The van der Waals surface area contributed by atoms with Crippen LogP contribution in [0.25, 0.3) is 11.0 Å². The molecule has 0 aliphatic heterocycles. The number of rotatable bonds is 2. The zero-order valence-electron chi connectivity index (χ0n) is 11.2. The number of hydrogen-bond donors (Lipinski definition) is 1. The molecule has 3 rings (SSSR count). The van der Waals surface area contributed by atoms with Crippen molar-refractivity contribution >= 4 is 26.9 Å². The minimum absolute atomic E-state index is 0.326. The van der Waals surface area contributed by atoms with Gasteiger partial charge >= 0.3 is 0 Å². The average Bonchev–Trinajstić information content (AvgIpc) is 2.78. The fourth-order valence-corrected chi connectivity index (χ4v) is 2.79. The Balaban J connectivity index is 2.15. The molecule has 0 fully saturated rings. The van der Waals surface area contributed by atoms with Gasteiger partial charge in [0.15, 0.2) is 0 Å². The highest BCUT2D eigenvalue weighted by Gasteiger charge is 2.22. The van der Waals surface area contributed by atoms with Gasteiger partial charge in [0.25, 0.3) is 0 Å². The monoisotopic (exact) mass is 351 g/mol. The molecule has 21 heavy (non-hydrogen) atoms. The lowest BCUT2D eigenvalue weighted by Crippen LogP contribution is -2.14. The molecule has 5 heteroatoms. The van der Waals surface area contributed by atoms with Gasteiger partial charge in [0, 0.05) is 16.5 Å². The third-order valence-electron chi connectivity index (χ3n) is 3.53. The first-order valence-corrected chi connectivity index (χ1v) is 7.16. The number of furan rings is 1. The van der Waals surface area contributed by atoms with Crippen molar-refractivity contribution in [2.24, 2.45) is 5.73 Å². The minimum atomic E-state index is -0.752. The molecule has 1 aromatic heterocycles. The van der Waals surface area contributed by atoms with Crippen LogP contribution in [0.2, 0.25) is 0 Å². The molecule has 0 spiro atoms. The Kier molecular flexibility index (Phi) is 3.55. The molecule has 0 saturated carbocycles. The summed E-state index contributed by atoms with van der Waals surface area (Å²) in [6.45, 7) is 1.79. The van der Waals surface area contributed by atoms with Gasteiger partial charge in [-0.15, -0.1) is 0 Å². The van der Waals surface area contributed by atoms with E-state index >= 15 is 0 Å². The summed E-state index contributed by atoms with van der Waals surface area (Å²) >= 11 is 3.14. The second kappa shape index (κ2) is 5.24. The summed E-state index contributed by atoms with van der Waals surface area (Å²) in [6, 6.07) is 8.43. The van der Waals surface area contributed by atoms with Crippen LogP contribution in [0.3, 0.4) is 0 Å². The van der Waals surface area contributed by atoms with Crippen LogP contribution in [0.1, 0.15) is 22.9 Å². The maximum absolute atomic E-state index is 14.2. The van der Waals surface area contributed by atoms with Crippen LogP contribution < -0.4 is 5.73 Å². The highest BCUT2D eigenvalue weighted by Crippen LogP contribution is 2.33. The quantitative estimate of drug-likeness (QED) is 0.718. The van der Waals surface area contributed by atoms with Crippen molar-refractivity contribution in [2.45, 2.75) is 13.0 Å². The van der Waals surface area contributed by atoms with E-state index in [2.05, 4.69) is 15.9 Å². The van der Waals surface area contributed by atoms with Crippen LogP contribution in [-0.2, 0) is 0 Å². The van der Waals surface area contributed by atoms with Gasteiger partial charge < -0.3 is 10.2 Å². The zero-order chi connectivity index (χ0) is 15.1. The molecular formula is C16H12BrF2NO. The lowest BCUT2D eigenvalue weighted by atomic mass is 10.0. The number of aryl methyl sites for hydroxylation is 1. The molecule has 0 amide bonds. The molecule has 3 aromatic rings. The third kappa shape index (κ3) is 2.36. The van der Waals surface area contributed by atoms with Gasteiger partial charge in [-0.3, -0.25) is 0 Å². The van der Waals surface area contributed by atoms with Crippen molar-refractivity contribution in [3.63, 3.8) is 0 Å². The maximum atomic E-state index is 14.2. The summed E-state index contributed by atoms with van der Waals surface area (Å²) in [4.78, 5) is 0. The summed E-state index contributed by atoms with van der Waals surface area (Å²) in [5.74, 6) is -0.330. The highest BCUT2D eigenvalue weighted by atomic mass is 79.9. The molecule has 1 atom stereocenters. The van der Waals surface area contributed by atoms with Crippen molar-refractivity contribution in [3.05, 3.63) is 69.4 Å². The van der Waals surface area contributed by atoms with Gasteiger partial charge in [-0.05, 0) is 47.1 Å². The van der Waals surface area contributed by atoms with E-state index in [1.165, 1.54) is 12.1 Å². The predicted molar refractivity (Wildman–Crippen MR) is 81.0 cm³/mol. The molecule has 2 aromatic carbocycles. The van der Waals surface area contributed by atoms with E-state index in [9.17, 15) is 8.78 Å². The van der Waals surface area contributed by atoms with Crippen LogP contribution in [0.4, 0.5) is 8.78 Å². The molecule has 0 radical (unpaired) electrons. The fourth-order valence-electron chi connectivity index (χ4n) is 2.41. The second-order valence-corrected chi connectivity index (χ2v) is 5.71. The first-order chi connectivity index (χ1) is 9.99. The smallest absolute Gasteiger partial charge is 0.142 e. The Morgan fingerprint density at radius 2 is 1.95 bits per heavy atom. The van der Waals surface area contributed by atoms with E-state index in [1.54, 1.807) is 31.2 Å².